The molecule has 4 rings (SSSR count). The summed E-state index contributed by atoms with van der Waals surface area (Å²) in [6.07, 6.45) is 6.20. The lowest BCUT2D eigenvalue weighted by atomic mass is 9.95. The maximum atomic E-state index is 13.8. The molecule has 1 fully saturated rings. The monoisotopic (exact) mass is 641 g/mol. The number of hydrogen-bond acceptors (Lipinski definition) is 5. The van der Waals surface area contributed by atoms with Gasteiger partial charge in [-0.3, -0.25) is 13.9 Å². The molecule has 218 valence electrons. The number of rotatable bonds is 11. The second-order valence-corrected chi connectivity index (χ2v) is 13.2. The summed E-state index contributed by atoms with van der Waals surface area (Å²) >= 11 is 3.46. The number of ether oxygens (including phenoxy) is 1. The van der Waals surface area contributed by atoms with Gasteiger partial charge in [-0.2, -0.15) is 0 Å². The second-order valence-electron chi connectivity index (χ2n) is 10.3. The number of anilines is 1. The molecule has 8 nitrogen and oxygen atoms in total. The maximum absolute atomic E-state index is 13.8. The van der Waals surface area contributed by atoms with E-state index in [1.165, 1.54) is 4.90 Å². The number of sulfonamides is 1. The van der Waals surface area contributed by atoms with Crippen LogP contribution in [0.1, 0.15) is 44.6 Å². The van der Waals surface area contributed by atoms with Crippen LogP contribution in [0.15, 0.2) is 83.3 Å². The van der Waals surface area contributed by atoms with E-state index in [2.05, 4.69) is 21.2 Å². The second kappa shape index (κ2) is 14.0. The molecule has 1 N–H and O–H groups in total. The first-order chi connectivity index (χ1) is 19.6. The number of halogens is 1. The van der Waals surface area contributed by atoms with E-state index in [-0.39, 0.29) is 18.5 Å². The van der Waals surface area contributed by atoms with Gasteiger partial charge in [0.15, 0.2) is 0 Å². The summed E-state index contributed by atoms with van der Waals surface area (Å²) in [7, 11) is -3.83. The van der Waals surface area contributed by atoms with E-state index in [1.807, 2.05) is 54.6 Å². The zero-order valence-electron chi connectivity index (χ0n) is 23.3. The average Bonchev–Trinajstić information content (AvgIpc) is 2.95. The molecular formula is C31H36BrN3O5S. The van der Waals surface area contributed by atoms with Gasteiger partial charge in [-0.25, -0.2) is 8.42 Å². The topological polar surface area (TPSA) is 96.0 Å². The van der Waals surface area contributed by atoms with Gasteiger partial charge >= 0.3 is 0 Å². The van der Waals surface area contributed by atoms with Crippen molar-refractivity contribution in [2.45, 2.75) is 57.7 Å². The average molecular weight is 643 g/mol. The quantitative estimate of drug-likeness (QED) is 0.282. The Morgan fingerprint density at radius 2 is 1.61 bits per heavy atom. The van der Waals surface area contributed by atoms with Crippen LogP contribution in [-0.2, 0) is 26.2 Å². The van der Waals surface area contributed by atoms with E-state index in [4.69, 9.17) is 4.74 Å². The smallest absolute Gasteiger partial charge is 0.244 e. The van der Waals surface area contributed by atoms with Crippen molar-refractivity contribution in [1.29, 1.82) is 0 Å². The third-order valence-corrected chi connectivity index (χ3v) is 8.78. The summed E-state index contributed by atoms with van der Waals surface area (Å²) in [6.45, 7) is 1.39. The highest BCUT2D eigenvalue weighted by Crippen LogP contribution is 2.26. The van der Waals surface area contributed by atoms with Gasteiger partial charge in [0.05, 0.1) is 11.9 Å². The van der Waals surface area contributed by atoms with E-state index in [0.717, 1.165) is 52.7 Å². The third kappa shape index (κ3) is 8.81. The van der Waals surface area contributed by atoms with Crippen LogP contribution in [0.5, 0.6) is 11.5 Å². The molecule has 0 aromatic heterocycles. The van der Waals surface area contributed by atoms with Gasteiger partial charge in [0.1, 0.15) is 24.1 Å². The summed E-state index contributed by atoms with van der Waals surface area (Å²) in [6, 6.07) is 22.5. The minimum absolute atomic E-state index is 0.0886. The number of hydrogen-bond donors (Lipinski definition) is 1. The van der Waals surface area contributed by atoms with Crippen LogP contribution >= 0.6 is 15.9 Å². The molecule has 2 amide bonds. The summed E-state index contributed by atoms with van der Waals surface area (Å²) in [5, 5.41) is 3.10. The summed E-state index contributed by atoms with van der Waals surface area (Å²) in [5.74, 6) is 0.461. The molecule has 0 saturated heterocycles. The molecule has 0 heterocycles. The molecule has 3 aromatic carbocycles. The zero-order valence-corrected chi connectivity index (χ0v) is 25.7. The fourth-order valence-corrected chi connectivity index (χ4v) is 6.20. The SMILES string of the molecule is CC(C(=O)NC1CCCCC1)N(Cc1cccc(Br)c1)C(=O)CN(c1ccc(Oc2ccccc2)cc1)S(C)(=O)=O. The van der Waals surface area contributed by atoms with Crippen LogP contribution in [0.3, 0.4) is 0 Å². The summed E-state index contributed by atoms with van der Waals surface area (Å²) < 4.78 is 33.5. The van der Waals surface area contributed by atoms with Gasteiger partial charge in [-0.05, 0) is 73.9 Å². The van der Waals surface area contributed by atoms with E-state index < -0.39 is 28.5 Å². The molecule has 3 aromatic rings. The predicted octanol–water partition coefficient (Wildman–Crippen LogP) is 5.87. The molecule has 10 heteroatoms. The van der Waals surface area contributed by atoms with Crippen LogP contribution < -0.4 is 14.4 Å². The zero-order chi connectivity index (χ0) is 29.4. The Kier molecular flexibility index (Phi) is 10.4. The summed E-state index contributed by atoms with van der Waals surface area (Å²) in [5.41, 5.74) is 1.14. The highest BCUT2D eigenvalue weighted by atomic mass is 79.9. The number of amides is 2. The Morgan fingerprint density at radius 3 is 2.24 bits per heavy atom. The van der Waals surface area contributed by atoms with Crippen LogP contribution in [0.4, 0.5) is 5.69 Å². The highest BCUT2D eigenvalue weighted by Gasteiger charge is 2.31. The fraction of sp³-hybridized carbons (Fsp3) is 0.355. The van der Waals surface area contributed by atoms with E-state index in [9.17, 15) is 18.0 Å². The van der Waals surface area contributed by atoms with Crippen LogP contribution in [0.2, 0.25) is 0 Å². The molecule has 41 heavy (non-hydrogen) atoms. The molecule has 1 aliphatic rings. The van der Waals surface area contributed by atoms with Gasteiger partial charge in [0.25, 0.3) is 0 Å². The number of nitrogens with zero attached hydrogens (tertiary/aromatic N) is 2. The molecule has 0 spiro atoms. The normalized spacial score (nSPS) is 14.6. The minimum Gasteiger partial charge on any atom is -0.457 e. The highest BCUT2D eigenvalue weighted by molar-refractivity contribution is 9.10. The van der Waals surface area contributed by atoms with Crippen molar-refractivity contribution >= 4 is 43.5 Å². The van der Waals surface area contributed by atoms with Gasteiger partial charge in [-0.1, -0.05) is 65.5 Å². The van der Waals surface area contributed by atoms with Gasteiger partial charge in [0.2, 0.25) is 21.8 Å². The molecule has 0 radical (unpaired) electrons. The van der Waals surface area contributed by atoms with Crippen molar-refractivity contribution in [3.8, 4) is 11.5 Å². The molecule has 1 saturated carbocycles. The van der Waals surface area contributed by atoms with Crippen LogP contribution in [0, 0.1) is 0 Å². The molecular weight excluding hydrogens is 606 g/mol. The molecule has 1 unspecified atom stereocenters. The number of carbonyl (C=O) groups is 2. The van der Waals surface area contributed by atoms with Crippen LogP contribution in [-0.4, -0.2) is 50.0 Å². The lowest BCUT2D eigenvalue weighted by Crippen LogP contribution is -2.52. The standard InChI is InChI=1S/C31H36BrN3O5S/c1-23(31(37)33-26-12-5-3-6-13-26)34(21-24-10-9-11-25(32)20-24)30(36)22-35(41(2,38)39)27-16-18-29(19-17-27)40-28-14-7-4-8-15-28/h4,7-11,14-20,23,26H,3,5-6,12-13,21-22H2,1-2H3,(H,33,37). The maximum Gasteiger partial charge on any atom is 0.244 e. The molecule has 1 atom stereocenters. The first kappa shape index (κ1) is 30.6. The predicted molar refractivity (Wildman–Crippen MR) is 164 cm³/mol. The van der Waals surface area contributed by atoms with Crippen molar-refractivity contribution in [3.63, 3.8) is 0 Å². The Labute approximate surface area is 250 Å². The van der Waals surface area contributed by atoms with Gasteiger partial charge in [-0.15, -0.1) is 0 Å². The number of carbonyl (C=O) groups excluding carboxylic acids is 2. The van der Waals surface area contributed by atoms with Crippen molar-refractivity contribution in [2.75, 3.05) is 17.1 Å². The minimum atomic E-state index is -3.83. The first-order valence-corrected chi connectivity index (χ1v) is 16.4. The first-order valence-electron chi connectivity index (χ1n) is 13.7. The van der Waals surface area contributed by atoms with Crippen LogP contribution in [0.25, 0.3) is 0 Å². The third-order valence-electron chi connectivity index (χ3n) is 7.14. The lowest BCUT2D eigenvalue weighted by Gasteiger charge is -2.33. The number of nitrogens with one attached hydrogen (secondary N) is 1. The van der Waals surface area contributed by atoms with E-state index in [1.54, 1.807) is 31.2 Å². The van der Waals surface area contributed by atoms with E-state index >= 15 is 0 Å². The molecule has 1 aliphatic carbocycles. The number of benzene rings is 3. The molecule has 0 aliphatic heterocycles. The summed E-state index contributed by atoms with van der Waals surface area (Å²) in [4.78, 5) is 28.6. The van der Waals surface area contributed by atoms with Gasteiger partial charge < -0.3 is 15.0 Å². The van der Waals surface area contributed by atoms with Crippen molar-refractivity contribution in [2.24, 2.45) is 0 Å². The van der Waals surface area contributed by atoms with E-state index in [0.29, 0.717) is 17.2 Å². The Balaban J connectivity index is 1.55. The number of para-hydroxylation sites is 1. The molecule has 0 bridgehead atoms. The largest absolute Gasteiger partial charge is 0.457 e. The Hall–Kier alpha value is -3.37. The van der Waals surface area contributed by atoms with Crippen molar-refractivity contribution in [1.82, 2.24) is 10.2 Å². The Bertz CT molecular complexity index is 1430. The van der Waals surface area contributed by atoms with Crippen molar-refractivity contribution in [3.05, 3.63) is 88.9 Å². The van der Waals surface area contributed by atoms with Crippen molar-refractivity contribution < 1.29 is 22.7 Å². The lowest BCUT2D eigenvalue weighted by molar-refractivity contribution is -0.139. The Morgan fingerprint density at radius 1 is 0.951 bits per heavy atom. The fourth-order valence-electron chi connectivity index (χ4n) is 4.90. The van der Waals surface area contributed by atoms with Gasteiger partial charge in [0, 0.05) is 17.1 Å².